The molecule has 0 aliphatic carbocycles. The molecule has 0 unspecified atom stereocenters. The molecule has 22 heavy (non-hydrogen) atoms. The summed E-state index contributed by atoms with van der Waals surface area (Å²) in [6.45, 7) is 4.13. The van der Waals surface area contributed by atoms with Crippen LogP contribution in [0.4, 0.5) is 0 Å². The van der Waals surface area contributed by atoms with Crippen molar-refractivity contribution < 1.29 is 14.3 Å². The molecule has 7 nitrogen and oxygen atoms in total. The molecule has 0 saturated carbocycles. The van der Waals surface area contributed by atoms with Gasteiger partial charge in [0.2, 0.25) is 11.8 Å². The molecule has 1 aromatic heterocycles. The third kappa shape index (κ3) is 4.03. The average molecular weight is 304 g/mol. The standard InChI is InChI=1S/C15H20N4O3/c1-10(2)22-15-11(5-4-8-16-15)9-17-14(21)12-6-7-13(20)19(3)18-12/h4-5,8,10H,6-7,9H2,1-3H3,(H,17,21). The number of hydrogen-bond acceptors (Lipinski definition) is 5. The predicted molar refractivity (Wildman–Crippen MR) is 81.3 cm³/mol. The van der Waals surface area contributed by atoms with Gasteiger partial charge in [0.15, 0.2) is 0 Å². The smallest absolute Gasteiger partial charge is 0.267 e. The molecule has 1 N–H and O–H groups in total. The Labute approximate surface area is 129 Å². The third-order valence-corrected chi connectivity index (χ3v) is 3.11. The second kappa shape index (κ2) is 7.02. The molecule has 0 aromatic carbocycles. The van der Waals surface area contributed by atoms with E-state index >= 15 is 0 Å². The van der Waals surface area contributed by atoms with E-state index in [2.05, 4.69) is 15.4 Å². The monoisotopic (exact) mass is 304 g/mol. The van der Waals surface area contributed by atoms with Gasteiger partial charge >= 0.3 is 0 Å². The van der Waals surface area contributed by atoms with Gasteiger partial charge in [-0.3, -0.25) is 9.59 Å². The van der Waals surface area contributed by atoms with Crippen molar-refractivity contribution in [1.29, 1.82) is 0 Å². The van der Waals surface area contributed by atoms with Crippen molar-refractivity contribution in [2.24, 2.45) is 5.10 Å². The van der Waals surface area contributed by atoms with Gasteiger partial charge in [-0.25, -0.2) is 9.99 Å². The van der Waals surface area contributed by atoms with Crippen LogP contribution in [0.1, 0.15) is 32.3 Å². The van der Waals surface area contributed by atoms with Gasteiger partial charge in [-0.05, 0) is 19.9 Å². The first-order valence-corrected chi connectivity index (χ1v) is 7.20. The normalized spacial score (nSPS) is 14.8. The minimum atomic E-state index is -0.279. The maximum atomic E-state index is 12.1. The molecule has 2 heterocycles. The number of carbonyl (C=O) groups excluding carboxylic acids is 2. The van der Waals surface area contributed by atoms with Crippen molar-refractivity contribution in [2.75, 3.05) is 7.05 Å². The Hall–Kier alpha value is -2.44. The van der Waals surface area contributed by atoms with E-state index < -0.39 is 0 Å². The van der Waals surface area contributed by atoms with Gasteiger partial charge in [0.05, 0.1) is 6.10 Å². The van der Waals surface area contributed by atoms with Crippen molar-refractivity contribution in [3.63, 3.8) is 0 Å². The van der Waals surface area contributed by atoms with E-state index in [0.717, 1.165) is 5.56 Å². The summed E-state index contributed by atoms with van der Waals surface area (Å²) in [5.74, 6) is 0.144. The highest BCUT2D eigenvalue weighted by atomic mass is 16.5. The fourth-order valence-corrected chi connectivity index (χ4v) is 2.00. The molecule has 0 fully saturated rings. The van der Waals surface area contributed by atoms with E-state index in [4.69, 9.17) is 4.74 Å². The Morgan fingerprint density at radius 1 is 1.45 bits per heavy atom. The van der Waals surface area contributed by atoms with Crippen molar-refractivity contribution in [2.45, 2.75) is 39.3 Å². The summed E-state index contributed by atoms with van der Waals surface area (Å²) in [5.41, 5.74) is 1.16. The number of pyridine rings is 1. The Morgan fingerprint density at radius 2 is 2.23 bits per heavy atom. The van der Waals surface area contributed by atoms with Crippen LogP contribution in [0.3, 0.4) is 0 Å². The largest absolute Gasteiger partial charge is 0.475 e. The first-order valence-electron chi connectivity index (χ1n) is 7.20. The molecule has 1 aliphatic rings. The molecule has 1 aromatic rings. The van der Waals surface area contributed by atoms with Gasteiger partial charge < -0.3 is 10.1 Å². The Morgan fingerprint density at radius 3 is 2.91 bits per heavy atom. The minimum absolute atomic E-state index is 0.00623. The number of ether oxygens (including phenoxy) is 1. The zero-order valence-electron chi connectivity index (χ0n) is 13.0. The van der Waals surface area contributed by atoms with Crippen LogP contribution >= 0.6 is 0 Å². The maximum absolute atomic E-state index is 12.1. The van der Waals surface area contributed by atoms with Crippen molar-refractivity contribution in [3.8, 4) is 5.88 Å². The second-order valence-corrected chi connectivity index (χ2v) is 5.28. The molecule has 0 radical (unpaired) electrons. The number of nitrogens with zero attached hydrogens (tertiary/aromatic N) is 3. The molecule has 0 atom stereocenters. The summed E-state index contributed by atoms with van der Waals surface area (Å²) in [6, 6.07) is 3.64. The lowest BCUT2D eigenvalue weighted by Gasteiger charge is -2.19. The summed E-state index contributed by atoms with van der Waals surface area (Å²) in [5, 5.41) is 7.98. The number of carbonyl (C=O) groups is 2. The molecular formula is C15H20N4O3. The average Bonchev–Trinajstić information content (AvgIpc) is 2.48. The van der Waals surface area contributed by atoms with E-state index in [1.165, 1.54) is 5.01 Å². The second-order valence-electron chi connectivity index (χ2n) is 5.28. The van der Waals surface area contributed by atoms with E-state index in [1.807, 2.05) is 19.9 Å². The van der Waals surface area contributed by atoms with Crippen molar-refractivity contribution in [3.05, 3.63) is 23.9 Å². The van der Waals surface area contributed by atoms with Crippen LogP contribution in [0, 0.1) is 0 Å². The highest BCUT2D eigenvalue weighted by Gasteiger charge is 2.22. The molecule has 0 saturated heterocycles. The van der Waals surface area contributed by atoms with Crippen LogP contribution < -0.4 is 10.1 Å². The zero-order valence-corrected chi connectivity index (χ0v) is 13.0. The fourth-order valence-electron chi connectivity index (χ4n) is 2.00. The van der Waals surface area contributed by atoms with E-state index in [1.54, 1.807) is 19.3 Å². The van der Waals surface area contributed by atoms with Crippen LogP contribution in [0.2, 0.25) is 0 Å². The quantitative estimate of drug-likeness (QED) is 0.882. The van der Waals surface area contributed by atoms with E-state index in [9.17, 15) is 9.59 Å². The molecule has 118 valence electrons. The summed E-state index contributed by atoms with van der Waals surface area (Å²) < 4.78 is 5.61. The van der Waals surface area contributed by atoms with Crippen LogP contribution in [-0.2, 0) is 16.1 Å². The van der Waals surface area contributed by atoms with Gasteiger partial charge in [-0.15, -0.1) is 0 Å². The fraction of sp³-hybridized carbons (Fsp3) is 0.467. The molecule has 2 amide bonds. The number of aromatic nitrogens is 1. The lowest BCUT2D eigenvalue weighted by molar-refractivity contribution is -0.130. The van der Waals surface area contributed by atoms with Crippen LogP contribution in [0.15, 0.2) is 23.4 Å². The first kappa shape index (κ1) is 15.9. The number of hydrazone groups is 1. The summed E-state index contributed by atoms with van der Waals surface area (Å²) >= 11 is 0. The van der Waals surface area contributed by atoms with Crippen LogP contribution in [0.25, 0.3) is 0 Å². The zero-order chi connectivity index (χ0) is 16.1. The number of amides is 2. The lowest BCUT2D eigenvalue weighted by atomic mass is 10.1. The Balaban J connectivity index is 2.00. The highest BCUT2D eigenvalue weighted by molar-refractivity contribution is 6.39. The number of hydrogen-bond donors (Lipinski definition) is 1. The summed E-state index contributed by atoms with van der Waals surface area (Å²) in [7, 11) is 1.55. The third-order valence-electron chi connectivity index (χ3n) is 3.11. The van der Waals surface area contributed by atoms with Gasteiger partial charge in [0.1, 0.15) is 5.71 Å². The molecule has 1 aliphatic heterocycles. The van der Waals surface area contributed by atoms with E-state index in [0.29, 0.717) is 31.0 Å². The van der Waals surface area contributed by atoms with Crippen molar-refractivity contribution in [1.82, 2.24) is 15.3 Å². The number of rotatable bonds is 5. The highest BCUT2D eigenvalue weighted by Crippen LogP contribution is 2.15. The maximum Gasteiger partial charge on any atom is 0.267 e. The molecule has 0 bridgehead atoms. The molecular weight excluding hydrogens is 284 g/mol. The SMILES string of the molecule is CC(C)Oc1ncccc1CNC(=O)C1=NN(C)C(=O)CC1. The van der Waals surface area contributed by atoms with Gasteiger partial charge in [-0.1, -0.05) is 6.07 Å². The first-order chi connectivity index (χ1) is 10.5. The number of nitrogens with one attached hydrogen (secondary N) is 1. The van der Waals surface area contributed by atoms with Crippen LogP contribution in [-0.4, -0.2) is 40.7 Å². The van der Waals surface area contributed by atoms with Gasteiger partial charge in [0, 0.05) is 38.2 Å². The van der Waals surface area contributed by atoms with Crippen molar-refractivity contribution >= 4 is 17.5 Å². The molecule has 2 rings (SSSR count). The predicted octanol–water partition coefficient (Wildman–Crippen LogP) is 1.09. The summed E-state index contributed by atoms with van der Waals surface area (Å²) in [4.78, 5) is 27.6. The molecule has 0 spiro atoms. The molecule has 7 heteroatoms. The van der Waals surface area contributed by atoms with E-state index in [-0.39, 0.29) is 17.9 Å². The topological polar surface area (TPSA) is 83.9 Å². The minimum Gasteiger partial charge on any atom is -0.475 e. The summed E-state index contributed by atoms with van der Waals surface area (Å²) in [6.07, 6.45) is 2.32. The lowest BCUT2D eigenvalue weighted by Crippen LogP contribution is -2.37. The Bertz CT molecular complexity index is 598. The van der Waals surface area contributed by atoms with Crippen LogP contribution in [0.5, 0.6) is 5.88 Å². The van der Waals surface area contributed by atoms with Gasteiger partial charge in [-0.2, -0.15) is 5.10 Å². The van der Waals surface area contributed by atoms with Gasteiger partial charge in [0.25, 0.3) is 5.91 Å². The Kier molecular flexibility index (Phi) is 5.08.